The molecule has 0 aliphatic carbocycles. The molecule has 24 heavy (non-hydrogen) atoms. The second-order valence-corrected chi connectivity index (χ2v) is 5.46. The molecule has 0 bridgehead atoms. The molecule has 1 aromatic carbocycles. The van der Waals surface area contributed by atoms with Crippen molar-refractivity contribution in [3.05, 3.63) is 58.2 Å². The highest BCUT2D eigenvalue weighted by Gasteiger charge is 2.23. The molecule has 0 atom stereocenters. The predicted molar refractivity (Wildman–Crippen MR) is 88.7 cm³/mol. The number of nitrogens with one attached hydrogen (secondary N) is 2. The van der Waals surface area contributed by atoms with E-state index in [2.05, 4.69) is 10.3 Å². The Morgan fingerprint density at radius 3 is 2.50 bits per heavy atom. The van der Waals surface area contributed by atoms with Crippen LogP contribution in [0.4, 0.5) is 4.39 Å². The van der Waals surface area contributed by atoms with Gasteiger partial charge >= 0.3 is 5.97 Å². The lowest BCUT2D eigenvalue weighted by Gasteiger charge is -2.05. The Hall–Kier alpha value is -2.63. The summed E-state index contributed by atoms with van der Waals surface area (Å²) in [4.78, 5) is 27.2. The molecular weight excluding hydrogens is 311 g/mol. The summed E-state index contributed by atoms with van der Waals surface area (Å²) in [6, 6.07) is 6.16. The monoisotopic (exact) mass is 332 g/mol. The van der Waals surface area contributed by atoms with E-state index < -0.39 is 5.97 Å². The number of aryl methyl sites for hydroxylation is 1. The Morgan fingerprint density at radius 2 is 1.92 bits per heavy atom. The van der Waals surface area contributed by atoms with Crippen LogP contribution in [0.3, 0.4) is 0 Å². The third kappa shape index (κ3) is 3.82. The molecule has 0 aliphatic heterocycles. The minimum absolute atomic E-state index is 0.278. The van der Waals surface area contributed by atoms with Crippen LogP contribution in [-0.2, 0) is 17.6 Å². The summed E-state index contributed by atoms with van der Waals surface area (Å²) in [7, 11) is 1.32. The van der Waals surface area contributed by atoms with E-state index in [1.165, 1.54) is 19.2 Å². The number of hydrogen-bond acceptors (Lipinski definition) is 3. The molecule has 0 saturated heterocycles. The Balaban J connectivity index is 2.05. The molecule has 6 heteroatoms. The quantitative estimate of drug-likeness (QED) is 0.799. The summed E-state index contributed by atoms with van der Waals surface area (Å²) in [6.45, 7) is 4.03. The highest BCUT2D eigenvalue weighted by Crippen LogP contribution is 2.20. The largest absolute Gasteiger partial charge is 0.465 e. The summed E-state index contributed by atoms with van der Waals surface area (Å²) >= 11 is 0. The van der Waals surface area contributed by atoms with E-state index in [1.807, 2.05) is 6.92 Å². The lowest BCUT2D eigenvalue weighted by molar-refractivity contribution is 0.0599. The van der Waals surface area contributed by atoms with Crippen LogP contribution in [0.1, 0.15) is 44.6 Å². The molecule has 1 heterocycles. The molecule has 0 saturated carbocycles. The summed E-state index contributed by atoms with van der Waals surface area (Å²) in [5.74, 6) is -1.02. The first-order chi connectivity index (χ1) is 11.5. The molecule has 1 aromatic heterocycles. The normalized spacial score (nSPS) is 10.5. The average Bonchev–Trinajstić information content (AvgIpc) is 2.92. The Morgan fingerprint density at radius 1 is 1.25 bits per heavy atom. The van der Waals surface area contributed by atoms with Crippen LogP contribution in [0, 0.1) is 12.7 Å². The standard InChI is InChI=1S/C18H21FN2O3/c1-4-14-15(18(23)24-3)11(2)16(21-14)17(22)20-10-9-12-5-7-13(19)8-6-12/h5-8,21H,4,9-10H2,1-3H3,(H,20,22). The molecule has 0 radical (unpaired) electrons. The minimum atomic E-state index is -0.453. The molecule has 1 amide bonds. The summed E-state index contributed by atoms with van der Waals surface area (Å²) in [5, 5.41) is 2.81. The van der Waals surface area contributed by atoms with Gasteiger partial charge in [-0.1, -0.05) is 19.1 Å². The van der Waals surface area contributed by atoms with Gasteiger partial charge in [-0.15, -0.1) is 0 Å². The van der Waals surface area contributed by atoms with Gasteiger partial charge in [-0.2, -0.15) is 0 Å². The Bertz CT molecular complexity index is 735. The molecule has 128 valence electrons. The first-order valence-electron chi connectivity index (χ1n) is 7.80. The Labute approximate surface area is 140 Å². The number of methoxy groups -OCH3 is 1. The molecule has 0 fully saturated rings. The van der Waals surface area contributed by atoms with Crippen LogP contribution in [0.25, 0.3) is 0 Å². The minimum Gasteiger partial charge on any atom is -0.465 e. The van der Waals surface area contributed by atoms with E-state index in [4.69, 9.17) is 4.74 Å². The fourth-order valence-electron chi connectivity index (χ4n) is 2.59. The molecule has 2 N–H and O–H groups in total. The third-order valence-corrected chi connectivity index (χ3v) is 3.91. The summed E-state index contributed by atoms with van der Waals surface area (Å²) in [6.07, 6.45) is 1.18. The van der Waals surface area contributed by atoms with Crippen molar-refractivity contribution in [3.8, 4) is 0 Å². The van der Waals surface area contributed by atoms with E-state index in [0.29, 0.717) is 41.9 Å². The number of aromatic amines is 1. The number of rotatable bonds is 6. The zero-order valence-electron chi connectivity index (χ0n) is 14.0. The average molecular weight is 332 g/mol. The zero-order chi connectivity index (χ0) is 17.7. The van der Waals surface area contributed by atoms with Gasteiger partial charge in [0.15, 0.2) is 0 Å². The second kappa shape index (κ2) is 7.77. The number of amides is 1. The first-order valence-corrected chi connectivity index (χ1v) is 7.80. The van der Waals surface area contributed by atoms with Crippen molar-refractivity contribution in [1.29, 1.82) is 0 Å². The highest BCUT2D eigenvalue weighted by molar-refractivity contribution is 6.00. The molecule has 0 unspecified atom stereocenters. The molecule has 0 aliphatic rings. The van der Waals surface area contributed by atoms with E-state index in [9.17, 15) is 14.0 Å². The van der Waals surface area contributed by atoms with Crippen molar-refractivity contribution in [2.45, 2.75) is 26.7 Å². The zero-order valence-corrected chi connectivity index (χ0v) is 14.0. The van der Waals surface area contributed by atoms with E-state index in [-0.39, 0.29) is 11.7 Å². The van der Waals surface area contributed by atoms with Crippen molar-refractivity contribution in [3.63, 3.8) is 0 Å². The lowest BCUT2D eigenvalue weighted by Crippen LogP contribution is -2.26. The van der Waals surface area contributed by atoms with Crippen LogP contribution in [0.15, 0.2) is 24.3 Å². The molecular formula is C18H21FN2O3. The smallest absolute Gasteiger partial charge is 0.339 e. The van der Waals surface area contributed by atoms with Gasteiger partial charge in [0.1, 0.15) is 11.5 Å². The van der Waals surface area contributed by atoms with Gasteiger partial charge in [0, 0.05) is 12.2 Å². The topological polar surface area (TPSA) is 71.2 Å². The maximum Gasteiger partial charge on any atom is 0.339 e. The van der Waals surface area contributed by atoms with E-state index >= 15 is 0 Å². The van der Waals surface area contributed by atoms with Crippen LogP contribution < -0.4 is 5.32 Å². The van der Waals surface area contributed by atoms with Gasteiger partial charge in [0.05, 0.1) is 12.7 Å². The number of halogens is 1. The number of carbonyl (C=O) groups is 2. The fourth-order valence-corrected chi connectivity index (χ4v) is 2.59. The van der Waals surface area contributed by atoms with Gasteiger partial charge in [-0.25, -0.2) is 9.18 Å². The molecule has 5 nitrogen and oxygen atoms in total. The Kier molecular flexibility index (Phi) is 5.73. The lowest BCUT2D eigenvalue weighted by atomic mass is 10.1. The maximum absolute atomic E-state index is 12.9. The highest BCUT2D eigenvalue weighted by atomic mass is 19.1. The number of H-pyrrole nitrogens is 1. The van der Waals surface area contributed by atoms with Crippen molar-refractivity contribution < 1.29 is 18.7 Å². The molecule has 2 rings (SSSR count). The van der Waals surface area contributed by atoms with Crippen LogP contribution in [-0.4, -0.2) is 30.5 Å². The predicted octanol–water partition coefficient (Wildman–Crippen LogP) is 2.78. The number of carbonyl (C=O) groups excluding carboxylic acids is 2. The number of esters is 1. The van der Waals surface area contributed by atoms with E-state index in [0.717, 1.165) is 5.56 Å². The maximum atomic E-state index is 12.9. The van der Waals surface area contributed by atoms with Gasteiger partial charge in [-0.05, 0) is 43.0 Å². The van der Waals surface area contributed by atoms with Gasteiger partial charge in [0.2, 0.25) is 0 Å². The number of ether oxygens (including phenoxy) is 1. The van der Waals surface area contributed by atoms with Gasteiger partial charge in [0.25, 0.3) is 5.91 Å². The summed E-state index contributed by atoms with van der Waals surface area (Å²) in [5.41, 5.74) is 2.99. The fraction of sp³-hybridized carbons (Fsp3) is 0.333. The van der Waals surface area contributed by atoms with Crippen molar-refractivity contribution in [2.24, 2.45) is 0 Å². The van der Waals surface area contributed by atoms with E-state index in [1.54, 1.807) is 19.1 Å². The van der Waals surface area contributed by atoms with Gasteiger partial charge < -0.3 is 15.0 Å². The second-order valence-electron chi connectivity index (χ2n) is 5.46. The molecule has 0 spiro atoms. The molecule has 2 aromatic rings. The first kappa shape index (κ1) is 17.7. The summed E-state index contributed by atoms with van der Waals surface area (Å²) < 4.78 is 17.6. The van der Waals surface area contributed by atoms with Crippen LogP contribution in [0.2, 0.25) is 0 Å². The van der Waals surface area contributed by atoms with Crippen molar-refractivity contribution >= 4 is 11.9 Å². The van der Waals surface area contributed by atoms with Crippen molar-refractivity contribution in [2.75, 3.05) is 13.7 Å². The van der Waals surface area contributed by atoms with Crippen LogP contribution >= 0.6 is 0 Å². The third-order valence-electron chi connectivity index (χ3n) is 3.91. The van der Waals surface area contributed by atoms with Crippen molar-refractivity contribution in [1.82, 2.24) is 10.3 Å². The number of aromatic nitrogens is 1. The van der Waals surface area contributed by atoms with Crippen LogP contribution in [0.5, 0.6) is 0 Å². The SMILES string of the molecule is CCc1[nH]c(C(=O)NCCc2ccc(F)cc2)c(C)c1C(=O)OC. The number of benzene rings is 1. The number of hydrogen-bond donors (Lipinski definition) is 2. The van der Waals surface area contributed by atoms with Gasteiger partial charge in [-0.3, -0.25) is 4.79 Å².